The Bertz CT molecular complexity index is 2740. The van der Waals surface area contributed by atoms with E-state index in [1.807, 2.05) is 12.1 Å². The van der Waals surface area contributed by atoms with E-state index >= 15 is 0 Å². The summed E-state index contributed by atoms with van der Waals surface area (Å²) in [6.45, 7) is 0. The highest BCUT2D eigenvalue weighted by atomic mass is 16.3. The molecule has 0 radical (unpaired) electrons. The van der Waals surface area contributed by atoms with Crippen LogP contribution in [0.1, 0.15) is 43.6 Å². The second-order valence-electron chi connectivity index (χ2n) is 14.3. The zero-order chi connectivity index (χ0) is 34.4. The predicted molar refractivity (Wildman–Crippen MR) is 220 cm³/mol. The van der Waals surface area contributed by atoms with Gasteiger partial charge in [-0.15, -0.1) is 0 Å². The summed E-state index contributed by atoms with van der Waals surface area (Å²) in [5, 5.41) is 7.46. The maximum atomic E-state index is 6.18. The minimum atomic E-state index is 0.601. The van der Waals surface area contributed by atoms with Crippen molar-refractivity contribution in [3.05, 3.63) is 175 Å². The highest BCUT2D eigenvalue weighted by Gasteiger charge is 2.23. The Balaban J connectivity index is 1.18. The second-order valence-corrected chi connectivity index (χ2v) is 14.3. The molecule has 0 spiro atoms. The summed E-state index contributed by atoms with van der Waals surface area (Å²) < 4.78 is 6.18. The molecule has 10 rings (SSSR count). The van der Waals surface area contributed by atoms with Crippen LogP contribution in [0.3, 0.4) is 0 Å². The number of rotatable bonds is 6. The molecule has 9 aromatic rings. The predicted octanol–water partition coefficient (Wildman–Crippen LogP) is 14.7. The molecule has 1 aromatic heterocycles. The summed E-state index contributed by atoms with van der Waals surface area (Å²) in [5.41, 5.74) is 11.6. The van der Waals surface area contributed by atoms with Crippen LogP contribution in [-0.4, -0.2) is 0 Å². The molecule has 1 aliphatic rings. The zero-order valence-electron chi connectivity index (χ0n) is 29.1. The van der Waals surface area contributed by atoms with Crippen LogP contribution in [0.5, 0.6) is 0 Å². The van der Waals surface area contributed by atoms with Gasteiger partial charge in [-0.1, -0.05) is 141 Å². The van der Waals surface area contributed by atoms with Crippen molar-refractivity contribution in [2.24, 2.45) is 0 Å². The fourth-order valence-electron chi connectivity index (χ4n) is 8.72. The van der Waals surface area contributed by atoms with Crippen molar-refractivity contribution in [3.8, 4) is 22.3 Å². The first-order valence-corrected chi connectivity index (χ1v) is 18.7. The van der Waals surface area contributed by atoms with E-state index < -0.39 is 0 Å². The lowest BCUT2D eigenvalue weighted by Gasteiger charge is -2.29. The molecule has 52 heavy (non-hydrogen) atoms. The topological polar surface area (TPSA) is 16.4 Å². The van der Waals surface area contributed by atoms with Crippen molar-refractivity contribution < 1.29 is 4.42 Å². The molecule has 1 fully saturated rings. The van der Waals surface area contributed by atoms with Gasteiger partial charge in [0.1, 0.15) is 11.2 Å². The van der Waals surface area contributed by atoms with Crippen molar-refractivity contribution in [2.75, 3.05) is 4.90 Å². The Labute approximate surface area is 304 Å². The summed E-state index contributed by atoms with van der Waals surface area (Å²) in [7, 11) is 0. The summed E-state index contributed by atoms with van der Waals surface area (Å²) in [4.78, 5) is 2.46. The number of fused-ring (bicyclic) bond motifs is 5. The molecule has 0 aliphatic heterocycles. The SMILES string of the molecule is c1cc(-c2ccc3oc4ccccc4c3c2)cc(N(c2ccc3ccccc3c2)c2ccccc2-c2cccc3cccc(C4CCCCC4)c23)c1. The standard InChI is InChI=1S/C50H39NO/c1-2-14-35(15-3-1)42-23-11-17-36-18-12-24-45(50(36)42)43-21-6-8-25-47(43)51(41-29-27-34-13-4-5-16-37(34)31-41)40-20-10-19-38(32-40)39-28-30-49-46(33-39)44-22-7-9-26-48(44)52-49/h4-13,16-33,35H,1-3,14-15H2. The van der Waals surface area contributed by atoms with Gasteiger partial charge in [0.05, 0.1) is 5.69 Å². The molecule has 1 heterocycles. The van der Waals surface area contributed by atoms with E-state index in [0.29, 0.717) is 5.92 Å². The number of hydrogen-bond donors (Lipinski definition) is 0. The van der Waals surface area contributed by atoms with Crippen molar-refractivity contribution in [1.29, 1.82) is 0 Å². The molecule has 1 saturated carbocycles. The lowest BCUT2D eigenvalue weighted by Crippen LogP contribution is -2.11. The number of nitrogens with zero attached hydrogens (tertiary/aromatic N) is 1. The molecule has 250 valence electrons. The Kier molecular flexibility index (Phi) is 7.61. The van der Waals surface area contributed by atoms with Crippen molar-refractivity contribution in [2.45, 2.75) is 38.0 Å². The molecular formula is C50H39NO. The van der Waals surface area contributed by atoms with E-state index in [1.54, 1.807) is 0 Å². The van der Waals surface area contributed by atoms with E-state index in [4.69, 9.17) is 4.42 Å². The monoisotopic (exact) mass is 669 g/mol. The van der Waals surface area contributed by atoms with E-state index in [-0.39, 0.29) is 0 Å². The number of anilines is 3. The van der Waals surface area contributed by atoms with E-state index in [2.05, 4.69) is 163 Å². The molecule has 0 saturated heterocycles. The summed E-state index contributed by atoms with van der Waals surface area (Å²) in [6.07, 6.45) is 6.52. The number of benzene rings is 8. The minimum absolute atomic E-state index is 0.601. The molecule has 2 nitrogen and oxygen atoms in total. The van der Waals surface area contributed by atoms with Crippen molar-refractivity contribution >= 4 is 60.5 Å². The Hall–Kier alpha value is -6.12. The van der Waals surface area contributed by atoms with Crippen LogP contribution in [0, 0.1) is 0 Å². The van der Waals surface area contributed by atoms with Crippen LogP contribution in [0.4, 0.5) is 17.1 Å². The van der Waals surface area contributed by atoms with Gasteiger partial charge in [0, 0.05) is 27.7 Å². The maximum Gasteiger partial charge on any atom is 0.135 e. The molecule has 1 aliphatic carbocycles. The van der Waals surface area contributed by atoms with Crippen LogP contribution in [0.15, 0.2) is 174 Å². The van der Waals surface area contributed by atoms with Crippen molar-refractivity contribution in [3.63, 3.8) is 0 Å². The van der Waals surface area contributed by atoms with Gasteiger partial charge in [-0.25, -0.2) is 0 Å². The first-order valence-electron chi connectivity index (χ1n) is 18.7. The normalized spacial score (nSPS) is 13.7. The molecule has 0 N–H and O–H groups in total. The Morgan fingerprint density at radius 2 is 1.13 bits per heavy atom. The molecular weight excluding hydrogens is 631 g/mol. The minimum Gasteiger partial charge on any atom is -0.456 e. The Morgan fingerprint density at radius 1 is 0.442 bits per heavy atom. The smallest absolute Gasteiger partial charge is 0.135 e. The van der Waals surface area contributed by atoms with Gasteiger partial charge in [-0.2, -0.15) is 0 Å². The molecule has 0 amide bonds. The molecule has 8 aromatic carbocycles. The zero-order valence-corrected chi connectivity index (χ0v) is 29.1. The quantitative estimate of drug-likeness (QED) is 0.175. The van der Waals surface area contributed by atoms with Gasteiger partial charge in [-0.3, -0.25) is 0 Å². The van der Waals surface area contributed by atoms with Gasteiger partial charge >= 0.3 is 0 Å². The fourth-order valence-corrected chi connectivity index (χ4v) is 8.72. The first kappa shape index (κ1) is 30.7. The van der Waals surface area contributed by atoms with Gasteiger partial charge in [-0.05, 0) is 111 Å². The van der Waals surface area contributed by atoms with Gasteiger partial charge < -0.3 is 9.32 Å². The van der Waals surface area contributed by atoms with E-state index in [9.17, 15) is 0 Å². The van der Waals surface area contributed by atoms with E-state index in [1.165, 1.54) is 75.9 Å². The summed E-state index contributed by atoms with van der Waals surface area (Å²) in [6, 6.07) is 62.2. The number of hydrogen-bond acceptors (Lipinski definition) is 2. The first-order chi connectivity index (χ1) is 25.8. The molecule has 0 atom stereocenters. The van der Waals surface area contributed by atoms with Crippen LogP contribution >= 0.6 is 0 Å². The van der Waals surface area contributed by atoms with E-state index in [0.717, 1.165) is 44.6 Å². The Morgan fingerprint density at radius 3 is 2.06 bits per heavy atom. The summed E-state index contributed by atoms with van der Waals surface area (Å²) >= 11 is 0. The van der Waals surface area contributed by atoms with Gasteiger partial charge in [0.2, 0.25) is 0 Å². The van der Waals surface area contributed by atoms with Crippen molar-refractivity contribution in [1.82, 2.24) is 0 Å². The average Bonchev–Trinajstić information content (AvgIpc) is 3.59. The summed E-state index contributed by atoms with van der Waals surface area (Å²) in [5.74, 6) is 0.601. The lowest BCUT2D eigenvalue weighted by atomic mass is 9.80. The van der Waals surface area contributed by atoms with Gasteiger partial charge in [0.15, 0.2) is 0 Å². The third kappa shape index (κ3) is 5.34. The second kappa shape index (κ2) is 12.9. The highest BCUT2D eigenvalue weighted by Crippen LogP contribution is 2.46. The number of para-hydroxylation sites is 2. The van der Waals surface area contributed by atoms with Gasteiger partial charge in [0.25, 0.3) is 0 Å². The maximum absolute atomic E-state index is 6.18. The molecule has 2 heteroatoms. The fraction of sp³-hybridized carbons (Fsp3) is 0.120. The third-order valence-corrected chi connectivity index (χ3v) is 11.2. The average molecular weight is 670 g/mol. The van der Waals surface area contributed by atoms with Crippen LogP contribution in [0.2, 0.25) is 0 Å². The largest absolute Gasteiger partial charge is 0.456 e. The molecule has 0 bridgehead atoms. The number of furan rings is 1. The van der Waals surface area contributed by atoms with Crippen LogP contribution in [-0.2, 0) is 0 Å². The highest BCUT2D eigenvalue weighted by molar-refractivity contribution is 6.07. The van der Waals surface area contributed by atoms with Crippen LogP contribution < -0.4 is 4.90 Å². The van der Waals surface area contributed by atoms with Crippen LogP contribution in [0.25, 0.3) is 65.7 Å². The third-order valence-electron chi connectivity index (χ3n) is 11.2. The lowest BCUT2D eigenvalue weighted by molar-refractivity contribution is 0.445. The molecule has 0 unspecified atom stereocenters.